The third-order valence-corrected chi connectivity index (χ3v) is 4.07. The normalized spacial score (nSPS) is 25.9. The Bertz CT molecular complexity index is 263. The van der Waals surface area contributed by atoms with E-state index in [0.29, 0.717) is 5.92 Å². The van der Waals surface area contributed by atoms with Gasteiger partial charge in [-0.25, -0.2) is 0 Å². The van der Waals surface area contributed by atoms with Crippen LogP contribution in [-0.4, -0.2) is 35.1 Å². The van der Waals surface area contributed by atoms with Gasteiger partial charge >= 0.3 is 5.97 Å². The lowest BCUT2D eigenvalue weighted by Crippen LogP contribution is -2.45. The van der Waals surface area contributed by atoms with Gasteiger partial charge in [0.15, 0.2) is 0 Å². The molecule has 0 unspecified atom stereocenters. The Morgan fingerprint density at radius 1 is 1.38 bits per heavy atom. The second-order valence-electron chi connectivity index (χ2n) is 5.95. The summed E-state index contributed by atoms with van der Waals surface area (Å²) < 4.78 is 0. The van der Waals surface area contributed by atoms with Crippen LogP contribution in [0.4, 0.5) is 0 Å². The molecule has 92 valence electrons. The van der Waals surface area contributed by atoms with Gasteiger partial charge in [0.25, 0.3) is 0 Å². The minimum atomic E-state index is -0.573. The maximum atomic E-state index is 11.5. The van der Waals surface area contributed by atoms with Crippen molar-refractivity contribution in [1.82, 2.24) is 4.90 Å². The van der Waals surface area contributed by atoms with E-state index >= 15 is 0 Å². The summed E-state index contributed by atoms with van der Waals surface area (Å²) in [5.41, 5.74) is -0.431. The van der Waals surface area contributed by atoms with Gasteiger partial charge in [0.1, 0.15) is 0 Å². The van der Waals surface area contributed by atoms with Crippen molar-refractivity contribution in [2.45, 2.75) is 52.0 Å². The van der Waals surface area contributed by atoms with Crippen LogP contribution in [0.5, 0.6) is 0 Å². The standard InChI is InChI=1S/C13H23NO2/c1-10(2)9-13(12(15)16)5-7-14(8-6-13)11-3-4-11/h10-11H,3-9H2,1-2H3,(H,15,16). The Morgan fingerprint density at radius 2 is 1.94 bits per heavy atom. The molecular weight excluding hydrogens is 202 g/mol. The van der Waals surface area contributed by atoms with Crippen molar-refractivity contribution >= 4 is 5.97 Å². The first-order valence-electron chi connectivity index (χ1n) is 6.51. The number of carboxylic acid groups (broad SMARTS) is 1. The molecule has 0 atom stereocenters. The van der Waals surface area contributed by atoms with Crippen molar-refractivity contribution in [1.29, 1.82) is 0 Å². The number of aliphatic carboxylic acids is 1. The lowest BCUT2D eigenvalue weighted by molar-refractivity contribution is -0.153. The summed E-state index contributed by atoms with van der Waals surface area (Å²) in [5, 5.41) is 9.46. The molecule has 1 saturated carbocycles. The van der Waals surface area contributed by atoms with Gasteiger partial charge in [-0.05, 0) is 51.1 Å². The van der Waals surface area contributed by atoms with Gasteiger partial charge in [-0.2, -0.15) is 0 Å². The molecule has 0 aromatic carbocycles. The van der Waals surface area contributed by atoms with Crippen molar-refractivity contribution < 1.29 is 9.90 Å². The predicted molar refractivity (Wildman–Crippen MR) is 63.4 cm³/mol. The number of likely N-dealkylation sites (tertiary alicyclic amines) is 1. The average Bonchev–Trinajstić information content (AvgIpc) is 3.01. The molecule has 0 radical (unpaired) electrons. The third-order valence-electron chi connectivity index (χ3n) is 4.07. The molecule has 2 aliphatic rings. The minimum absolute atomic E-state index is 0.431. The number of carbonyl (C=O) groups is 1. The fraction of sp³-hybridized carbons (Fsp3) is 0.923. The molecule has 1 N–H and O–H groups in total. The SMILES string of the molecule is CC(C)CC1(C(=O)O)CCN(C2CC2)CC1. The highest BCUT2D eigenvalue weighted by atomic mass is 16.4. The van der Waals surface area contributed by atoms with E-state index in [9.17, 15) is 9.90 Å². The molecule has 0 aromatic rings. The Labute approximate surface area is 97.8 Å². The number of hydrogen-bond acceptors (Lipinski definition) is 2. The molecule has 0 bridgehead atoms. The first kappa shape index (κ1) is 11.9. The molecule has 0 spiro atoms. The summed E-state index contributed by atoms with van der Waals surface area (Å²) >= 11 is 0. The number of nitrogens with zero attached hydrogens (tertiary/aromatic N) is 1. The van der Waals surface area contributed by atoms with E-state index in [0.717, 1.165) is 38.4 Å². The van der Waals surface area contributed by atoms with E-state index in [1.807, 2.05) is 0 Å². The number of hydrogen-bond donors (Lipinski definition) is 1. The molecular formula is C13H23NO2. The van der Waals surface area contributed by atoms with E-state index in [1.54, 1.807) is 0 Å². The lowest BCUT2D eigenvalue weighted by atomic mass is 9.72. The van der Waals surface area contributed by atoms with Crippen LogP contribution in [0.25, 0.3) is 0 Å². The number of carboxylic acids is 1. The Balaban J connectivity index is 1.97. The Morgan fingerprint density at radius 3 is 2.31 bits per heavy atom. The average molecular weight is 225 g/mol. The highest BCUT2D eigenvalue weighted by Crippen LogP contribution is 2.40. The van der Waals surface area contributed by atoms with Crippen molar-refractivity contribution in [3.8, 4) is 0 Å². The monoisotopic (exact) mass is 225 g/mol. The summed E-state index contributed by atoms with van der Waals surface area (Å²) in [6.45, 7) is 6.23. The molecule has 2 rings (SSSR count). The van der Waals surface area contributed by atoms with E-state index in [2.05, 4.69) is 18.7 Å². The van der Waals surface area contributed by atoms with Crippen molar-refractivity contribution in [3.63, 3.8) is 0 Å². The van der Waals surface area contributed by atoms with Gasteiger partial charge in [-0.15, -0.1) is 0 Å². The summed E-state index contributed by atoms with van der Waals surface area (Å²) in [6.07, 6.45) is 5.17. The molecule has 1 saturated heterocycles. The summed E-state index contributed by atoms with van der Waals surface area (Å²) in [5.74, 6) is -0.0970. The van der Waals surface area contributed by atoms with Gasteiger partial charge in [0.2, 0.25) is 0 Å². The van der Waals surface area contributed by atoms with E-state index in [1.165, 1.54) is 12.8 Å². The van der Waals surface area contributed by atoms with Crippen molar-refractivity contribution in [2.75, 3.05) is 13.1 Å². The van der Waals surface area contributed by atoms with E-state index in [4.69, 9.17) is 0 Å². The quantitative estimate of drug-likeness (QED) is 0.798. The molecule has 3 heteroatoms. The maximum Gasteiger partial charge on any atom is 0.309 e. The van der Waals surface area contributed by atoms with Gasteiger partial charge in [-0.1, -0.05) is 13.8 Å². The predicted octanol–water partition coefficient (Wildman–Crippen LogP) is 2.36. The second kappa shape index (κ2) is 4.36. The van der Waals surface area contributed by atoms with Crippen LogP contribution in [-0.2, 0) is 4.79 Å². The zero-order chi connectivity index (χ0) is 11.8. The van der Waals surface area contributed by atoms with Crippen molar-refractivity contribution in [3.05, 3.63) is 0 Å². The smallest absolute Gasteiger partial charge is 0.309 e. The summed E-state index contributed by atoms with van der Waals surface area (Å²) in [7, 11) is 0. The molecule has 2 fully saturated rings. The lowest BCUT2D eigenvalue weighted by Gasteiger charge is -2.40. The maximum absolute atomic E-state index is 11.5. The molecule has 1 heterocycles. The zero-order valence-corrected chi connectivity index (χ0v) is 10.4. The highest BCUT2D eigenvalue weighted by Gasteiger charge is 2.44. The highest BCUT2D eigenvalue weighted by molar-refractivity contribution is 5.74. The van der Waals surface area contributed by atoms with Crippen LogP contribution >= 0.6 is 0 Å². The fourth-order valence-electron chi connectivity index (χ4n) is 3.04. The number of piperidine rings is 1. The minimum Gasteiger partial charge on any atom is -0.481 e. The Kier molecular flexibility index (Phi) is 3.24. The van der Waals surface area contributed by atoms with Crippen LogP contribution < -0.4 is 0 Å². The van der Waals surface area contributed by atoms with Crippen LogP contribution in [0, 0.1) is 11.3 Å². The van der Waals surface area contributed by atoms with Crippen LogP contribution in [0.2, 0.25) is 0 Å². The van der Waals surface area contributed by atoms with Crippen molar-refractivity contribution in [2.24, 2.45) is 11.3 Å². The zero-order valence-electron chi connectivity index (χ0n) is 10.4. The van der Waals surface area contributed by atoms with Crippen LogP contribution in [0.3, 0.4) is 0 Å². The summed E-state index contributed by atoms with van der Waals surface area (Å²) in [6, 6.07) is 0.783. The Hall–Kier alpha value is -0.570. The molecule has 1 aliphatic carbocycles. The van der Waals surface area contributed by atoms with E-state index < -0.39 is 11.4 Å². The van der Waals surface area contributed by atoms with Gasteiger partial charge < -0.3 is 10.0 Å². The van der Waals surface area contributed by atoms with Crippen LogP contribution in [0.15, 0.2) is 0 Å². The fourth-order valence-corrected chi connectivity index (χ4v) is 3.04. The largest absolute Gasteiger partial charge is 0.481 e. The molecule has 1 aliphatic heterocycles. The van der Waals surface area contributed by atoms with Gasteiger partial charge in [0.05, 0.1) is 5.41 Å². The first-order valence-corrected chi connectivity index (χ1v) is 6.51. The molecule has 3 nitrogen and oxygen atoms in total. The van der Waals surface area contributed by atoms with Gasteiger partial charge in [0, 0.05) is 6.04 Å². The molecule has 0 aromatic heterocycles. The number of rotatable bonds is 4. The molecule has 0 amide bonds. The summed E-state index contributed by atoms with van der Waals surface area (Å²) in [4.78, 5) is 14.0. The van der Waals surface area contributed by atoms with Crippen LogP contribution in [0.1, 0.15) is 46.0 Å². The third kappa shape index (κ3) is 2.40. The van der Waals surface area contributed by atoms with E-state index in [-0.39, 0.29) is 0 Å². The topological polar surface area (TPSA) is 40.5 Å². The first-order chi connectivity index (χ1) is 7.53. The second-order valence-corrected chi connectivity index (χ2v) is 5.95. The molecule has 16 heavy (non-hydrogen) atoms. The van der Waals surface area contributed by atoms with Gasteiger partial charge in [-0.3, -0.25) is 4.79 Å².